The summed E-state index contributed by atoms with van der Waals surface area (Å²) in [6.07, 6.45) is 102. The molecule has 0 aromatic heterocycles. The van der Waals surface area contributed by atoms with E-state index in [1.807, 2.05) is 0 Å². The second-order valence-corrected chi connectivity index (χ2v) is 26.2. The molecule has 2 unspecified atom stereocenters. The van der Waals surface area contributed by atoms with E-state index in [0.29, 0.717) is 6.42 Å². The number of phosphoric acid groups is 1. The van der Waals surface area contributed by atoms with Gasteiger partial charge in [-0.15, -0.1) is 0 Å². The Bertz CT molecular complexity index is 1830. The zero-order valence-electron chi connectivity index (χ0n) is 57.9. The molecule has 0 heterocycles. The van der Waals surface area contributed by atoms with Gasteiger partial charge < -0.3 is 20.1 Å². The number of hydrogen-bond acceptors (Lipinski definition) is 8. The Morgan fingerprint density at radius 1 is 0.348 bits per heavy atom. The monoisotopic (exact) mass is 1260 g/mol. The average Bonchev–Trinajstić information content (AvgIpc) is 3.58. The summed E-state index contributed by atoms with van der Waals surface area (Å²) in [6.45, 7) is 3.66. The molecule has 0 aliphatic heterocycles. The fourth-order valence-electron chi connectivity index (χ4n) is 10.7. The maximum Gasteiger partial charge on any atom is 0.472 e. The molecule has 0 fully saturated rings. The van der Waals surface area contributed by atoms with Crippen LogP contribution in [0.2, 0.25) is 0 Å². The van der Waals surface area contributed by atoms with E-state index < -0.39 is 26.5 Å². The highest BCUT2D eigenvalue weighted by atomic mass is 31.2. The van der Waals surface area contributed by atoms with Gasteiger partial charge in [0.1, 0.15) is 6.61 Å². The first-order chi connectivity index (χ1) is 43.8. The second-order valence-electron chi connectivity index (χ2n) is 24.8. The Morgan fingerprint density at radius 3 is 0.921 bits per heavy atom. The minimum Gasteiger partial charge on any atom is -0.462 e. The molecule has 0 aromatic carbocycles. The third-order valence-corrected chi connectivity index (χ3v) is 17.1. The van der Waals surface area contributed by atoms with Crippen molar-refractivity contribution in [3.63, 3.8) is 0 Å². The summed E-state index contributed by atoms with van der Waals surface area (Å²) < 4.78 is 33.2. The molecule has 3 N–H and O–H groups in total. The summed E-state index contributed by atoms with van der Waals surface area (Å²) in [4.78, 5) is 35.4. The summed E-state index contributed by atoms with van der Waals surface area (Å²) >= 11 is 0. The third-order valence-electron chi connectivity index (χ3n) is 16.1. The molecular weight excluding hydrogens is 1120 g/mol. The van der Waals surface area contributed by atoms with E-state index in [1.54, 1.807) is 0 Å². The van der Waals surface area contributed by atoms with Gasteiger partial charge in [-0.1, -0.05) is 342 Å². The standard InChI is InChI=1S/C79H140NO8P/c1-3-5-7-9-11-13-15-17-19-21-23-25-27-29-31-32-33-34-35-36-37-38-39-40-41-42-43-44-46-48-50-52-54-56-58-60-62-64-66-68-70-72-79(82)88-77(76-87-89(83,84)86-74-73-80)75-85-78(81)71-69-67-65-63-61-59-57-55-53-51-49-47-45-30-28-26-24-22-20-18-16-14-12-10-8-6-4-2/h5,7,11,13,16-19,22-25,29,31,33-34,36-37,77H,3-4,6,8-10,12,14-15,20-21,26-28,30,32,35,38-76,80H2,1-2H3,(H,83,84)/b7-5-,13-11-,18-16-,19-17-,24-22-,25-23-,31-29-,34-33-,37-36-. The molecule has 0 aliphatic carbocycles. The third kappa shape index (κ3) is 73.6. The SMILES string of the molecule is CC/C=C\C/C=C\C/C=C\C/C=C\C/C=C\C/C=C\C/C=C\CCCCCCCCCCCCCCCCCCCCCC(=O)OC(COC(=O)CCCCCCCCCCCCCCCCC/C=C\C/C=C\CCCCCCC)COP(=O)(O)OCCN. The van der Waals surface area contributed by atoms with Crippen LogP contribution in [0.5, 0.6) is 0 Å². The number of rotatable bonds is 70. The second kappa shape index (κ2) is 73.7. The summed E-state index contributed by atoms with van der Waals surface area (Å²) in [6, 6.07) is 0. The molecule has 0 aromatic rings. The van der Waals surface area contributed by atoms with Crippen LogP contribution in [0.3, 0.4) is 0 Å². The lowest BCUT2D eigenvalue weighted by molar-refractivity contribution is -0.161. The van der Waals surface area contributed by atoms with E-state index in [9.17, 15) is 19.0 Å². The van der Waals surface area contributed by atoms with Crippen LogP contribution in [-0.4, -0.2) is 49.3 Å². The Labute approximate surface area is 549 Å². The number of ether oxygens (including phenoxy) is 2. The number of carbonyl (C=O) groups is 2. The van der Waals surface area contributed by atoms with Gasteiger partial charge in [-0.05, 0) is 103 Å². The van der Waals surface area contributed by atoms with Crippen molar-refractivity contribution in [2.24, 2.45) is 5.73 Å². The van der Waals surface area contributed by atoms with Gasteiger partial charge >= 0.3 is 19.8 Å². The maximum absolute atomic E-state index is 12.8. The van der Waals surface area contributed by atoms with Crippen molar-refractivity contribution in [1.82, 2.24) is 0 Å². The highest BCUT2D eigenvalue weighted by Crippen LogP contribution is 2.43. The molecule has 89 heavy (non-hydrogen) atoms. The van der Waals surface area contributed by atoms with E-state index >= 15 is 0 Å². The smallest absolute Gasteiger partial charge is 0.462 e. The summed E-state index contributed by atoms with van der Waals surface area (Å²) in [5, 5.41) is 0. The Balaban J connectivity index is 3.82. The molecule has 0 aliphatic rings. The summed E-state index contributed by atoms with van der Waals surface area (Å²) in [5.74, 6) is -0.815. The van der Waals surface area contributed by atoms with Crippen LogP contribution >= 0.6 is 7.82 Å². The first-order valence-electron chi connectivity index (χ1n) is 37.4. The van der Waals surface area contributed by atoms with Crippen molar-refractivity contribution in [3.05, 3.63) is 109 Å². The normalized spacial score (nSPS) is 13.5. The van der Waals surface area contributed by atoms with Crippen LogP contribution in [0, 0.1) is 0 Å². The number of allylic oxidation sites excluding steroid dienone is 18. The van der Waals surface area contributed by atoms with Gasteiger partial charge in [-0.25, -0.2) is 4.57 Å². The predicted molar refractivity (Wildman–Crippen MR) is 385 cm³/mol. The summed E-state index contributed by atoms with van der Waals surface area (Å²) in [5.41, 5.74) is 5.41. The maximum atomic E-state index is 12.8. The van der Waals surface area contributed by atoms with Crippen molar-refractivity contribution in [2.75, 3.05) is 26.4 Å². The molecule has 9 nitrogen and oxygen atoms in total. The Kier molecular flexibility index (Phi) is 71.0. The Morgan fingerprint density at radius 2 is 0.618 bits per heavy atom. The lowest BCUT2D eigenvalue weighted by Crippen LogP contribution is -2.29. The molecule has 0 saturated heterocycles. The quantitative estimate of drug-likeness (QED) is 0.0264. The van der Waals surface area contributed by atoms with Gasteiger partial charge in [0, 0.05) is 19.4 Å². The van der Waals surface area contributed by atoms with Crippen LogP contribution in [-0.2, 0) is 32.7 Å². The van der Waals surface area contributed by atoms with Crippen molar-refractivity contribution in [1.29, 1.82) is 0 Å². The topological polar surface area (TPSA) is 134 Å². The molecule has 10 heteroatoms. The lowest BCUT2D eigenvalue weighted by atomic mass is 10.0. The largest absolute Gasteiger partial charge is 0.472 e. The molecule has 0 radical (unpaired) electrons. The average molecular weight is 1260 g/mol. The predicted octanol–water partition coefficient (Wildman–Crippen LogP) is 24.9. The first kappa shape index (κ1) is 85.7. The van der Waals surface area contributed by atoms with Gasteiger partial charge in [-0.2, -0.15) is 0 Å². The number of esters is 2. The van der Waals surface area contributed by atoms with E-state index in [-0.39, 0.29) is 38.6 Å². The summed E-state index contributed by atoms with van der Waals surface area (Å²) in [7, 11) is -4.40. The van der Waals surface area contributed by atoms with Crippen molar-refractivity contribution >= 4 is 19.8 Å². The van der Waals surface area contributed by atoms with E-state index in [2.05, 4.69) is 123 Å². The number of hydrogen-bond donors (Lipinski definition) is 2. The van der Waals surface area contributed by atoms with Crippen LogP contribution < -0.4 is 5.73 Å². The first-order valence-corrected chi connectivity index (χ1v) is 38.9. The number of phosphoric ester groups is 1. The number of nitrogens with two attached hydrogens (primary N) is 1. The molecule has 0 amide bonds. The lowest BCUT2D eigenvalue weighted by Gasteiger charge is -2.19. The van der Waals surface area contributed by atoms with Gasteiger partial charge in [0.25, 0.3) is 0 Å². The highest BCUT2D eigenvalue weighted by molar-refractivity contribution is 7.47. The molecule has 0 spiro atoms. The molecule has 0 bridgehead atoms. The molecular formula is C79H140NO8P. The van der Waals surface area contributed by atoms with Crippen molar-refractivity contribution in [2.45, 2.75) is 354 Å². The molecule has 0 saturated carbocycles. The van der Waals surface area contributed by atoms with Gasteiger partial charge in [0.2, 0.25) is 0 Å². The molecule has 2 atom stereocenters. The minimum atomic E-state index is -4.40. The van der Waals surface area contributed by atoms with Crippen LogP contribution in [0.1, 0.15) is 348 Å². The van der Waals surface area contributed by atoms with Crippen molar-refractivity contribution < 1.29 is 37.6 Å². The van der Waals surface area contributed by atoms with Gasteiger partial charge in [-0.3, -0.25) is 18.6 Å². The number of carbonyl (C=O) groups excluding carboxylic acids is 2. The fourth-order valence-corrected chi connectivity index (χ4v) is 11.4. The molecule has 514 valence electrons. The zero-order chi connectivity index (χ0) is 64.4. The van der Waals surface area contributed by atoms with Crippen LogP contribution in [0.4, 0.5) is 0 Å². The zero-order valence-corrected chi connectivity index (χ0v) is 58.8. The number of unbranched alkanes of at least 4 members (excludes halogenated alkanes) is 39. The van der Waals surface area contributed by atoms with E-state index in [4.69, 9.17) is 24.3 Å². The van der Waals surface area contributed by atoms with Crippen molar-refractivity contribution in [3.8, 4) is 0 Å². The van der Waals surface area contributed by atoms with Gasteiger partial charge in [0.15, 0.2) is 6.10 Å². The van der Waals surface area contributed by atoms with E-state index in [1.165, 1.54) is 225 Å². The highest BCUT2D eigenvalue weighted by Gasteiger charge is 2.26. The van der Waals surface area contributed by atoms with Crippen LogP contribution in [0.25, 0.3) is 0 Å². The van der Waals surface area contributed by atoms with E-state index in [0.717, 1.165) is 89.9 Å². The van der Waals surface area contributed by atoms with Gasteiger partial charge in [0.05, 0.1) is 13.2 Å². The fraction of sp³-hybridized carbons (Fsp3) is 0.747. The van der Waals surface area contributed by atoms with Crippen LogP contribution in [0.15, 0.2) is 109 Å². The Hall–Kier alpha value is -3.33. The molecule has 0 rings (SSSR count). The minimum absolute atomic E-state index is 0.0521.